The number of carbonyl (C=O) groups excluding carboxylic acids is 1. The highest BCUT2D eigenvalue weighted by molar-refractivity contribution is 5.79. The van der Waals surface area contributed by atoms with Gasteiger partial charge in [0.05, 0.1) is 12.5 Å². The fourth-order valence-corrected chi connectivity index (χ4v) is 3.08. The first-order valence-corrected chi connectivity index (χ1v) is 8.70. The summed E-state index contributed by atoms with van der Waals surface area (Å²) in [5, 5.41) is 3.16. The zero-order chi connectivity index (χ0) is 18.5. The van der Waals surface area contributed by atoms with Crippen molar-refractivity contribution >= 4 is 5.91 Å². The van der Waals surface area contributed by atoms with Gasteiger partial charge in [0, 0.05) is 24.3 Å². The number of nitrogens with zero attached hydrogens (tertiary/aromatic N) is 2. The second-order valence-electron chi connectivity index (χ2n) is 6.69. The van der Waals surface area contributed by atoms with Crippen molar-refractivity contribution in [3.05, 3.63) is 94.6 Å². The van der Waals surface area contributed by atoms with Gasteiger partial charge in [-0.1, -0.05) is 41.5 Å². The number of pyridine rings is 2. The van der Waals surface area contributed by atoms with Gasteiger partial charge in [-0.3, -0.25) is 14.8 Å². The summed E-state index contributed by atoms with van der Waals surface area (Å²) < 4.78 is 0. The SMILES string of the molecule is Cc1cc(C)cc([C@@H](NC(=O)Cc2ccc(C)nc2)c2cccnc2)c1. The molecule has 0 spiro atoms. The van der Waals surface area contributed by atoms with Gasteiger partial charge in [0.2, 0.25) is 5.91 Å². The smallest absolute Gasteiger partial charge is 0.225 e. The van der Waals surface area contributed by atoms with Crippen LogP contribution in [0.4, 0.5) is 0 Å². The lowest BCUT2D eigenvalue weighted by Crippen LogP contribution is -2.30. The molecule has 0 saturated carbocycles. The van der Waals surface area contributed by atoms with Crippen LogP contribution in [0.3, 0.4) is 0 Å². The fourth-order valence-electron chi connectivity index (χ4n) is 3.08. The van der Waals surface area contributed by atoms with E-state index >= 15 is 0 Å². The average Bonchev–Trinajstić information content (AvgIpc) is 2.61. The van der Waals surface area contributed by atoms with Gasteiger partial charge in [-0.2, -0.15) is 0 Å². The molecule has 0 saturated heterocycles. The van der Waals surface area contributed by atoms with Crippen LogP contribution in [0, 0.1) is 20.8 Å². The number of carbonyl (C=O) groups is 1. The molecule has 0 aliphatic carbocycles. The monoisotopic (exact) mass is 345 g/mol. The minimum Gasteiger partial charge on any atom is -0.345 e. The molecule has 0 radical (unpaired) electrons. The zero-order valence-electron chi connectivity index (χ0n) is 15.4. The molecule has 0 aliphatic heterocycles. The van der Waals surface area contributed by atoms with Gasteiger partial charge >= 0.3 is 0 Å². The minimum atomic E-state index is -0.229. The largest absolute Gasteiger partial charge is 0.345 e. The number of aromatic nitrogens is 2. The Morgan fingerprint density at radius 2 is 1.77 bits per heavy atom. The van der Waals surface area contributed by atoms with Gasteiger partial charge in [-0.05, 0) is 49.6 Å². The van der Waals surface area contributed by atoms with Crippen molar-refractivity contribution in [1.29, 1.82) is 0 Å². The van der Waals surface area contributed by atoms with Crippen molar-refractivity contribution in [2.24, 2.45) is 0 Å². The maximum absolute atomic E-state index is 12.7. The summed E-state index contributed by atoms with van der Waals surface area (Å²) in [6.45, 7) is 6.07. The van der Waals surface area contributed by atoms with Crippen LogP contribution in [0.2, 0.25) is 0 Å². The third-order valence-electron chi connectivity index (χ3n) is 4.24. The predicted molar refractivity (Wildman–Crippen MR) is 103 cm³/mol. The lowest BCUT2D eigenvalue weighted by molar-refractivity contribution is -0.120. The molecule has 1 atom stereocenters. The molecule has 3 rings (SSSR count). The average molecular weight is 345 g/mol. The number of hydrogen-bond acceptors (Lipinski definition) is 3. The van der Waals surface area contributed by atoms with E-state index in [2.05, 4.69) is 47.3 Å². The summed E-state index contributed by atoms with van der Waals surface area (Å²) in [7, 11) is 0. The molecular formula is C22H23N3O. The molecule has 0 unspecified atom stereocenters. The molecule has 1 aromatic carbocycles. The van der Waals surface area contributed by atoms with Crippen molar-refractivity contribution in [3.8, 4) is 0 Å². The number of benzene rings is 1. The van der Waals surface area contributed by atoms with E-state index in [1.165, 1.54) is 11.1 Å². The van der Waals surface area contributed by atoms with Gasteiger partial charge < -0.3 is 5.32 Å². The number of amides is 1. The summed E-state index contributed by atoms with van der Waals surface area (Å²) in [4.78, 5) is 21.1. The van der Waals surface area contributed by atoms with Gasteiger partial charge in [-0.25, -0.2) is 0 Å². The highest BCUT2D eigenvalue weighted by Gasteiger charge is 2.18. The number of nitrogens with one attached hydrogen (secondary N) is 1. The van der Waals surface area contributed by atoms with Crippen LogP contribution in [0.1, 0.15) is 39.6 Å². The summed E-state index contributed by atoms with van der Waals surface area (Å²) in [5.41, 5.74) is 6.21. The number of hydrogen-bond donors (Lipinski definition) is 1. The first-order chi connectivity index (χ1) is 12.5. The van der Waals surface area contributed by atoms with Crippen molar-refractivity contribution in [2.45, 2.75) is 33.2 Å². The normalized spacial score (nSPS) is 11.8. The third-order valence-corrected chi connectivity index (χ3v) is 4.24. The van der Waals surface area contributed by atoms with Crippen molar-refractivity contribution in [1.82, 2.24) is 15.3 Å². The molecule has 0 bridgehead atoms. The van der Waals surface area contributed by atoms with E-state index in [-0.39, 0.29) is 11.9 Å². The van der Waals surface area contributed by atoms with E-state index in [0.29, 0.717) is 6.42 Å². The van der Waals surface area contributed by atoms with Crippen molar-refractivity contribution in [3.63, 3.8) is 0 Å². The Bertz CT molecular complexity index is 869. The first-order valence-electron chi connectivity index (χ1n) is 8.70. The number of rotatable bonds is 5. The van der Waals surface area contributed by atoms with Gasteiger partial charge in [0.15, 0.2) is 0 Å². The Morgan fingerprint density at radius 1 is 1.00 bits per heavy atom. The molecule has 4 heteroatoms. The van der Waals surface area contributed by atoms with Crippen molar-refractivity contribution < 1.29 is 4.79 Å². The molecule has 26 heavy (non-hydrogen) atoms. The lowest BCUT2D eigenvalue weighted by Gasteiger charge is -2.20. The van der Waals surface area contributed by atoms with Crippen molar-refractivity contribution in [2.75, 3.05) is 0 Å². The Kier molecular flexibility index (Phi) is 5.42. The van der Waals surface area contributed by atoms with Gasteiger partial charge in [0.25, 0.3) is 0 Å². The Labute approximate surface area is 154 Å². The molecule has 0 fully saturated rings. The van der Waals surface area contributed by atoms with Crippen LogP contribution >= 0.6 is 0 Å². The van der Waals surface area contributed by atoms with E-state index in [1.54, 1.807) is 18.6 Å². The van der Waals surface area contributed by atoms with E-state index in [0.717, 1.165) is 22.4 Å². The molecular weight excluding hydrogens is 322 g/mol. The molecule has 1 amide bonds. The van der Waals surface area contributed by atoms with E-state index in [1.807, 2.05) is 31.2 Å². The molecule has 2 aromatic heterocycles. The highest BCUT2D eigenvalue weighted by Crippen LogP contribution is 2.24. The molecule has 2 heterocycles. The topological polar surface area (TPSA) is 54.9 Å². The quantitative estimate of drug-likeness (QED) is 0.764. The highest BCUT2D eigenvalue weighted by atomic mass is 16.1. The number of aryl methyl sites for hydroxylation is 3. The third kappa shape index (κ3) is 4.54. The van der Waals surface area contributed by atoms with Gasteiger partial charge in [0.1, 0.15) is 0 Å². The van der Waals surface area contributed by atoms with Crippen LogP contribution in [0.25, 0.3) is 0 Å². The van der Waals surface area contributed by atoms with Crippen LogP contribution in [-0.2, 0) is 11.2 Å². The molecule has 3 aromatic rings. The molecule has 132 valence electrons. The second kappa shape index (κ2) is 7.91. The standard InChI is InChI=1S/C22H23N3O/c1-15-9-16(2)11-20(10-15)22(19-5-4-8-23-14-19)25-21(26)12-18-7-6-17(3)24-13-18/h4-11,13-14,22H,12H2,1-3H3,(H,25,26)/t22-/m0/s1. The molecule has 1 N–H and O–H groups in total. The minimum absolute atomic E-state index is 0.0383. The Morgan fingerprint density at radius 3 is 2.38 bits per heavy atom. The van der Waals surface area contributed by atoms with Crippen LogP contribution in [-0.4, -0.2) is 15.9 Å². The molecule has 4 nitrogen and oxygen atoms in total. The predicted octanol–water partition coefficient (Wildman–Crippen LogP) is 3.85. The first kappa shape index (κ1) is 17.8. The zero-order valence-corrected chi connectivity index (χ0v) is 15.4. The van der Waals surface area contributed by atoms with E-state index in [9.17, 15) is 4.79 Å². The maximum atomic E-state index is 12.7. The van der Waals surface area contributed by atoms with Crippen LogP contribution in [0.5, 0.6) is 0 Å². The van der Waals surface area contributed by atoms with Gasteiger partial charge in [-0.15, -0.1) is 0 Å². The lowest BCUT2D eigenvalue weighted by atomic mass is 9.96. The summed E-state index contributed by atoms with van der Waals surface area (Å²) in [5.74, 6) is -0.0383. The Balaban J connectivity index is 1.86. The summed E-state index contributed by atoms with van der Waals surface area (Å²) in [6.07, 6.45) is 5.59. The van der Waals surface area contributed by atoms with E-state index < -0.39 is 0 Å². The van der Waals surface area contributed by atoms with E-state index in [4.69, 9.17) is 0 Å². The van der Waals surface area contributed by atoms with Crippen LogP contribution < -0.4 is 5.32 Å². The van der Waals surface area contributed by atoms with Crippen LogP contribution in [0.15, 0.2) is 61.1 Å². The second-order valence-corrected chi connectivity index (χ2v) is 6.69. The summed E-state index contributed by atoms with van der Waals surface area (Å²) in [6, 6.07) is 13.9. The summed E-state index contributed by atoms with van der Waals surface area (Å²) >= 11 is 0. The Hall–Kier alpha value is -3.01. The molecule has 0 aliphatic rings. The maximum Gasteiger partial charge on any atom is 0.225 e. The fraction of sp³-hybridized carbons (Fsp3) is 0.227.